The van der Waals surface area contributed by atoms with Gasteiger partial charge in [0.05, 0.1) is 0 Å². The SMILES string of the molecule is C[C@H]1CCCN(C(=O)c2ccc(NC(=O)C(O)(c3ccccc3)c3ccccc3)cc2)C1. The fraction of sp³-hybridized carbons (Fsp3) is 0.259. The predicted molar refractivity (Wildman–Crippen MR) is 125 cm³/mol. The summed E-state index contributed by atoms with van der Waals surface area (Å²) in [4.78, 5) is 28.0. The molecular weight excluding hydrogens is 400 g/mol. The number of amides is 2. The Hall–Kier alpha value is -3.44. The molecule has 0 radical (unpaired) electrons. The molecule has 5 heteroatoms. The molecule has 0 unspecified atom stereocenters. The van der Waals surface area contributed by atoms with E-state index in [1.807, 2.05) is 17.0 Å². The number of carbonyl (C=O) groups is 2. The molecule has 2 amide bonds. The lowest BCUT2D eigenvalue weighted by atomic mass is 9.85. The van der Waals surface area contributed by atoms with E-state index in [-0.39, 0.29) is 5.91 Å². The van der Waals surface area contributed by atoms with Crippen molar-refractivity contribution in [2.24, 2.45) is 5.92 Å². The van der Waals surface area contributed by atoms with Crippen LogP contribution in [0.25, 0.3) is 0 Å². The number of nitrogens with one attached hydrogen (secondary N) is 1. The second-order valence-corrected chi connectivity index (χ2v) is 8.47. The molecule has 0 aliphatic carbocycles. The Kier molecular flexibility index (Phi) is 6.37. The van der Waals surface area contributed by atoms with Crippen LogP contribution in [0.15, 0.2) is 84.9 Å². The van der Waals surface area contributed by atoms with E-state index >= 15 is 0 Å². The standard InChI is InChI=1S/C27H28N2O3/c1-20-9-8-18-29(19-20)25(30)21-14-16-24(17-15-21)28-26(31)27(32,22-10-4-2-5-11-22)23-12-6-3-7-13-23/h2-7,10-17,20,32H,8-9,18-19H2,1H3,(H,28,31)/t20-/m0/s1. The molecule has 32 heavy (non-hydrogen) atoms. The van der Waals surface area contributed by atoms with Gasteiger partial charge in [0.1, 0.15) is 0 Å². The fourth-order valence-corrected chi connectivity index (χ4v) is 4.26. The Morgan fingerprint density at radius 1 is 0.906 bits per heavy atom. The van der Waals surface area contributed by atoms with E-state index in [1.54, 1.807) is 72.8 Å². The molecule has 0 bridgehead atoms. The van der Waals surface area contributed by atoms with Gasteiger partial charge >= 0.3 is 0 Å². The van der Waals surface area contributed by atoms with Crippen LogP contribution >= 0.6 is 0 Å². The zero-order valence-corrected chi connectivity index (χ0v) is 18.2. The van der Waals surface area contributed by atoms with Crippen molar-refractivity contribution in [3.8, 4) is 0 Å². The molecular formula is C27H28N2O3. The van der Waals surface area contributed by atoms with Gasteiger partial charge in [-0.1, -0.05) is 67.6 Å². The highest BCUT2D eigenvalue weighted by Gasteiger charge is 2.39. The van der Waals surface area contributed by atoms with E-state index in [0.717, 1.165) is 25.9 Å². The smallest absolute Gasteiger partial charge is 0.265 e. The molecule has 1 heterocycles. The van der Waals surface area contributed by atoms with Gasteiger partial charge in [0.15, 0.2) is 5.60 Å². The monoisotopic (exact) mass is 428 g/mol. The lowest BCUT2D eigenvalue weighted by molar-refractivity contribution is -0.131. The summed E-state index contributed by atoms with van der Waals surface area (Å²) in [6.45, 7) is 3.72. The number of hydrogen-bond acceptors (Lipinski definition) is 3. The number of carbonyl (C=O) groups excluding carboxylic acids is 2. The fourth-order valence-electron chi connectivity index (χ4n) is 4.26. The molecule has 1 saturated heterocycles. The van der Waals surface area contributed by atoms with E-state index < -0.39 is 11.5 Å². The van der Waals surface area contributed by atoms with E-state index in [0.29, 0.717) is 28.3 Å². The highest BCUT2D eigenvalue weighted by Crippen LogP contribution is 2.31. The zero-order valence-electron chi connectivity index (χ0n) is 18.2. The topological polar surface area (TPSA) is 69.6 Å². The average molecular weight is 429 g/mol. The molecule has 0 saturated carbocycles. The third-order valence-electron chi connectivity index (χ3n) is 6.05. The van der Waals surface area contributed by atoms with Gasteiger partial charge in [-0.2, -0.15) is 0 Å². The summed E-state index contributed by atoms with van der Waals surface area (Å²) < 4.78 is 0. The number of benzene rings is 3. The predicted octanol–water partition coefficient (Wildman–Crippen LogP) is 4.43. The van der Waals surface area contributed by atoms with Crippen molar-refractivity contribution < 1.29 is 14.7 Å². The summed E-state index contributed by atoms with van der Waals surface area (Å²) in [5.74, 6) is -0.0294. The maximum absolute atomic E-state index is 13.3. The second kappa shape index (κ2) is 9.37. The first kappa shape index (κ1) is 21.8. The number of aliphatic hydroxyl groups is 1. The van der Waals surface area contributed by atoms with Gasteiger partial charge in [-0.05, 0) is 54.2 Å². The zero-order chi connectivity index (χ0) is 22.6. The van der Waals surface area contributed by atoms with E-state index in [2.05, 4.69) is 12.2 Å². The third kappa shape index (κ3) is 4.43. The molecule has 1 atom stereocenters. The quantitative estimate of drug-likeness (QED) is 0.632. The number of hydrogen-bond donors (Lipinski definition) is 2. The minimum atomic E-state index is -1.85. The highest BCUT2D eigenvalue weighted by atomic mass is 16.3. The first-order valence-corrected chi connectivity index (χ1v) is 11.0. The minimum absolute atomic E-state index is 0.0134. The van der Waals surface area contributed by atoms with Crippen molar-refractivity contribution in [2.75, 3.05) is 18.4 Å². The van der Waals surface area contributed by atoms with Crippen molar-refractivity contribution >= 4 is 17.5 Å². The lowest BCUT2D eigenvalue weighted by Gasteiger charge is -2.31. The molecule has 164 valence electrons. The van der Waals surface area contributed by atoms with Gasteiger partial charge in [0.25, 0.3) is 11.8 Å². The van der Waals surface area contributed by atoms with Gasteiger partial charge in [-0.15, -0.1) is 0 Å². The number of likely N-dealkylation sites (tertiary alicyclic amines) is 1. The van der Waals surface area contributed by atoms with Crippen LogP contribution in [0, 0.1) is 5.92 Å². The van der Waals surface area contributed by atoms with Gasteiger partial charge in [0.2, 0.25) is 0 Å². The van der Waals surface area contributed by atoms with Crippen LogP contribution < -0.4 is 5.32 Å². The van der Waals surface area contributed by atoms with Gasteiger partial charge in [-0.25, -0.2) is 0 Å². The molecule has 1 aliphatic heterocycles. The molecule has 1 aliphatic rings. The van der Waals surface area contributed by atoms with Crippen LogP contribution in [0.1, 0.15) is 41.3 Å². The maximum atomic E-state index is 13.3. The summed E-state index contributed by atoms with van der Waals surface area (Å²) in [7, 11) is 0. The Balaban J connectivity index is 1.55. The van der Waals surface area contributed by atoms with Crippen LogP contribution in [0.5, 0.6) is 0 Å². The molecule has 3 aromatic rings. The van der Waals surface area contributed by atoms with E-state index in [9.17, 15) is 14.7 Å². The number of nitrogens with zero attached hydrogens (tertiary/aromatic N) is 1. The number of piperidine rings is 1. The van der Waals surface area contributed by atoms with Crippen molar-refractivity contribution in [1.29, 1.82) is 0 Å². The molecule has 0 aromatic heterocycles. The minimum Gasteiger partial charge on any atom is -0.372 e. The van der Waals surface area contributed by atoms with E-state index in [1.165, 1.54) is 0 Å². The Bertz CT molecular complexity index is 1030. The Labute approximate surface area is 188 Å². The van der Waals surface area contributed by atoms with Crippen LogP contribution in [-0.4, -0.2) is 34.9 Å². The van der Waals surface area contributed by atoms with Crippen LogP contribution in [-0.2, 0) is 10.4 Å². The summed E-state index contributed by atoms with van der Waals surface area (Å²) in [5.41, 5.74) is 0.229. The van der Waals surface area contributed by atoms with Crippen molar-refractivity contribution in [3.05, 3.63) is 102 Å². The molecule has 5 nitrogen and oxygen atoms in total. The summed E-state index contributed by atoms with van der Waals surface area (Å²) in [6, 6.07) is 24.6. The number of rotatable bonds is 5. The summed E-state index contributed by atoms with van der Waals surface area (Å²) in [6.07, 6.45) is 2.18. The van der Waals surface area contributed by atoms with Crippen LogP contribution in [0.2, 0.25) is 0 Å². The van der Waals surface area contributed by atoms with E-state index in [4.69, 9.17) is 0 Å². The van der Waals surface area contributed by atoms with Gasteiger partial charge in [-0.3, -0.25) is 9.59 Å². The highest BCUT2D eigenvalue weighted by molar-refractivity contribution is 6.01. The maximum Gasteiger partial charge on any atom is 0.265 e. The van der Waals surface area contributed by atoms with Gasteiger partial charge < -0.3 is 15.3 Å². The summed E-state index contributed by atoms with van der Waals surface area (Å²) >= 11 is 0. The average Bonchev–Trinajstić information content (AvgIpc) is 2.84. The first-order valence-electron chi connectivity index (χ1n) is 11.0. The van der Waals surface area contributed by atoms with Crippen molar-refractivity contribution in [3.63, 3.8) is 0 Å². The van der Waals surface area contributed by atoms with Gasteiger partial charge in [0, 0.05) is 24.3 Å². The third-order valence-corrected chi connectivity index (χ3v) is 6.05. The normalized spacial score (nSPS) is 16.4. The Morgan fingerprint density at radius 3 is 2.00 bits per heavy atom. The summed E-state index contributed by atoms with van der Waals surface area (Å²) in [5, 5.41) is 14.4. The second-order valence-electron chi connectivity index (χ2n) is 8.47. The first-order chi connectivity index (χ1) is 15.5. The molecule has 3 aromatic carbocycles. The Morgan fingerprint density at radius 2 is 1.47 bits per heavy atom. The van der Waals surface area contributed by atoms with Crippen molar-refractivity contribution in [1.82, 2.24) is 4.90 Å². The largest absolute Gasteiger partial charge is 0.372 e. The van der Waals surface area contributed by atoms with Crippen LogP contribution in [0.3, 0.4) is 0 Å². The molecule has 0 spiro atoms. The molecule has 4 rings (SSSR count). The van der Waals surface area contributed by atoms with Crippen molar-refractivity contribution in [2.45, 2.75) is 25.4 Å². The molecule has 2 N–H and O–H groups in total. The molecule has 1 fully saturated rings. The van der Waals surface area contributed by atoms with Crippen LogP contribution in [0.4, 0.5) is 5.69 Å². The lowest BCUT2D eigenvalue weighted by Crippen LogP contribution is -2.41. The number of anilines is 1.